The highest BCUT2D eigenvalue weighted by atomic mass is 35.5. The van der Waals surface area contributed by atoms with Crippen molar-refractivity contribution in [3.05, 3.63) is 58.9 Å². The number of nitrogens with one attached hydrogen (secondary N) is 2. The molecule has 1 unspecified atom stereocenters. The highest BCUT2D eigenvalue weighted by Gasteiger charge is 2.22. The van der Waals surface area contributed by atoms with Crippen molar-refractivity contribution in [3.63, 3.8) is 0 Å². The summed E-state index contributed by atoms with van der Waals surface area (Å²) >= 11 is 5.73. The van der Waals surface area contributed by atoms with E-state index in [1.807, 2.05) is 0 Å². The summed E-state index contributed by atoms with van der Waals surface area (Å²) in [6, 6.07) is 8.48. The van der Waals surface area contributed by atoms with Crippen LogP contribution in [0.4, 0.5) is 10.1 Å². The molecule has 0 heterocycles. The Bertz CT molecular complexity index is 854. The number of carbonyl (C=O) groups excluding carboxylic acids is 1. The minimum Gasteiger partial charge on any atom is -0.324 e. The topological polar surface area (TPSA) is 75.3 Å². The van der Waals surface area contributed by atoms with E-state index < -0.39 is 27.8 Å². The van der Waals surface area contributed by atoms with Gasteiger partial charge in [0.15, 0.2) is 0 Å². The zero-order chi connectivity index (χ0) is 17.9. The SMILES string of the molecule is Cc1cc(F)ccc1NC(=O)C(C)NS(=O)(=O)c1ccc(Cl)cc1. The van der Waals surface area contributed by atoms with E-state index in [2.05, 4.69) is 10.0 Å². The largest absolute Gasteiger partial charge is 0.324 e. The lowest BCUT2D eigenvalue weighted by Gasteiger charge is -2.15. The molecule has 0 saturated heterocycles. The van der Waals surface area contributed by atoms with E-state index >= 15 is 0 Å². The van der Waals surface area contributed by atoms with E-state index in [9.17, 15) is 17.6 Å². The van der Waals surface area contributed by atoms with E-state index in [4.69, 9.17) is 11.6 Å². The number of halogens is 2. The summed E-state index contributed by atoms with van der Waals surface area (Å²) < 4.78 is 39.8. The monoisotopic (exact) mass is 370 g/mol. The third-order valence-corrected chi connectivity index (χ3v) is 5.10. The molecule has 0 radical (unpaired) electrons. The van der Waals surface area contributed by atoms with Crippen LogP contribution in [0, 0.1) is 12.7 Å². The number of hydrogen-bond donors (Lipinski definition) is 2. The Morgan fingerprint density at radius 3 is 2.38 bits per heavy atom. The number of amides is 1. The van der Waals surface area contributed by atoms with Crippen LogP contribution in [-0.2, 0) is 14.8 Å². The van der Waals surface area contributed by atoms with E-state index in [1.165, 1.54) is 49.4 Å². The van der Waals surface area contributed by atoms with Crippen LogP contribution in [0.25, 0.3) is 0 Å². The first-order valence-electron chi connectivity index (χ1n) is 7.04. The van der Waals surface area contributed by atoms with Crippen LogP contribution in [0.3, 0.4) is 0 Å². The number of benzene rings is 2. The van der Waals surface area contributed by atoms with Gasteiger partial charge in [0, 0.05) is 10.7 Å². The minimum atomic E-state index is -3.86. The molecule has 0 aliphatic carbocycles. The number of hydrogen-bond acceptors (Lipinski definition) is 3. The minimum absolute atomic E-state index is 0.00418. The van der Waals surface area contributed by atoms with Gasteiger partial charge in [0.25, 0.3) is 0 Å². The molecule has 1 atom stereocenters. The molecule has 2 aromatic carbocycles. The molecule has 0 fully saturated rings. The maximum atomic E-state index is 13.1. The van der Waals surface area contributed by atoms with Crippen LogP contribution in [-0.4, -0.2) is 20.4 Å². The summed E-state index contributed by atoms with van der Waals surface area (Å²) in [5.41, 5.74) is 0.954. The normalized spacial score (nSPS) is 12.7. The van der Waals surface area contributed by atoms with Crippen LogP contribution in [0.1, 0.15) is 12.5 Å². The zero-order valence-electron chi connectivity index (χ0n) is 13.0. The highest BCUT2D eigenvalue weighted by Crippen LogP contribution is 2.17. The first-order valence-corrected chi connectivity index (χ1v) is 8.90. The second kappa shape index (κ2) is 7.29. The fourth-order valence-electron chi connectivity index (χ4n) is 1.98. The number of aryl methyl sites for hydroxylation is 1. The maximum absolute atomic E-state index is 13.1. The van der Waals surface area contributed by atoms with Crippen molar-refractivity contribution in [3.8, 4) is 0 Å². The van der Waals surface area contributed by atoms with E-state index in [-0.39, 0.29) is 4.90 Å². The van der Waals surface area contributed by atoms with Crippen molar-refractivity contribution in [1.29, 1.82) is 0 Å². The van der Waals surface area contributed by atoms with Crippen LogP contribution in [0.5, 0.6) is 0 Å². The smallest absolute Gasteiger partial charge is 0.242 e. The van der Waals surface area contributed by atoms with Gasteiger partial charge in [-0.2, -0.15) is 4.72 Å². The summed E-state index contributed by atoms with van der Waals surface area (Å²) in [6.07, 6.45) is 0. The van der Waals surface area contributed by atoms with Crippen LogP contribution in [0.2, 0.25) is 5.02 Å². The lowest BCUT2D eigenvalue weighted by atomic mass is 10.2. The van der Waals surface area contributed by atoms with Gasteiger partial charge in [-0.1, -0.05) is 11.6 Å². The Morgan fingerprint density at radius 2 is 1.79 bits per heavy atom. The van der Waals surface area contributed by atoms with Gasteiger partial charge in [0.2, 0.25) is 15.9 Å². The molecular weight excluding hydrogens is 355 g/mol. The molecule has 0 saturated carbocycles. The summed E-state index contributed by atoms with van der Waals surface area (Å²) in [5.74, 6) is -0.968. The lowest BCUT2D eigenvalue weighted by Crippen LogP contribution is -2.41. The first kappa shape index (κ1) is 18.4. The standard InChI is InChI=1S/C16H16ClFN2O3S/c1-10-9-13(18)5-8-15(10)19-16(21)11(2)20-24(22,23)14-6-3-12(17)4-7-14/h3-9,11,20H,1-2H3,(H,19,21). The Balaban J connectivity index is 2.09. The Hall–Kier alpha value is -1.96. The van der Waals surface area contributed by atoms with Crippen molar-refractivity contribution < 1.29 is 17.6 Å². The number of anilines is 1. The third kappa shape index (κ3) is 4.53. The van der Waals surface area contributed by atoms with Crippen molar-refractivity contribution in [2.24, 2.45) is 0 Å². The fraction of sp³-hybridized carbons (Fsp3) is 0.188. The van der Waals surface area contributed by atoms with Crippen molar-refractivity contribution >= 4 is 33.2 Å². The molecule has 2 rings (SSSR count). The van der Waals surface area contributed by atoms with Gasteiger partial charge in [0.05, 0.1) is 10.9 Å². The fourth-order valence-corrected chi connectivity index (χ4v) is 3.31. The summed E-state index contributed by atoms with van der Waals surface area (Å²) in [4.78, 5) is 12.2. The first-order chi connectivity index (χ1) is 11.2. The summed E-state index contributed by atoms with van der Waals surface area (Å²) in [7, 11) is -3.86. The molecule has 24 heavy (non-hydrogen) atoms. The molecular formula is C16H16ClFN2O3S. The van der Waals surface area contributed by atoms with Crippen molar-refractivity contribution in [2.45, 2.75) is 24.8 Å². The average Bonchev–Trinajstić information content (AvgIpc) is 2.50. The number of sulfonamides is 1. The van der Waals surface area contributed by atoms with Gasteiger partial charge in [-0.25, -0.2) is 12.8 Å². The molecule has 0 aromatic heterocycles. The highest BCUT2D eigenvalue weighted by molar-refractivity contribution is 7.89. The van der Waals surface area contributed by atoms with Gasteiger partial charge in [-0.05, 0) is 61.9 Å². The zero-order valence-corrected chi connectivity index (χ0v) is 14.6. The molecule has 128 valence electrons. The molecule has 0 spiro atoms. The quantitative estimate of drug-likeness (QED) is 0.849. The second-order valence-electron chi connectivity index (χ2n) is 5.25. The third-order valence-electron chi connectivity index (χ3n) is 3.30. The molecule has 5 nitrogen and oxygen atoms in total. The van der Waals surface area contributed by atoms with Crippen LogP contribution >= 0.6 is 11.6 Å². The predicted octanol–water partition coefficient (Wildman–Crippen LogP) is 3.09. The average molecular weight is 371 g/mol. The predicted molar refractivity (Wildman–Crippen MR) is 91.0 cm³/mol. The number of carbonyl (C=O) groups is 1. The Morgan fingerprint density at radius 1 is 1.17 bits per heavy atom. The molecule has 0 bridgehead atoms. The van der Waals surface area contributed by atoms with E-state index in [0.29, 0.717) is 16.3 Å². The van der Waals surface area contributed by atoms with Gasteiger partial charge < -0.3 is 5.32 Å². The Kier molecular flexibility index (Phi) is 5.58. The Labute approximate surface area is 144 Å². The lowest BCUT2D eigenvalue weighted by molar-refractivity contribution is -0.117. The molecule has 8 heteroatoms. The second-order valence-corrected chi connectivity index (χ2v) is 7.40. The van der Waals surface area contributed by atoms with Gasteiger partial charge >= 0.3 is 0 Å². The van der Waals surface area contributed by atoms with Crippen LogP contribution < -0.4 is 10.0 Å². The molecule has 1 amide bonds. The maximum Gasteiger partial charge on any atom is 0.242 e. The molecule has 0 aliphatic heterocycles. The summed E-state index contributed by atoms with van der Waals surface area (Å²) in [6.45, 7) is 3.06. The summed E-state index contributed by atoms with van der Waals surface area (Å²) in [5, 5.41) is 2.98. The van der Waals surface area contributed by atoms with E-state index in [0.717, 1.165) is 0 Å². The van der Waals surface area contributed by atoms with Gasteiger partial charge in [-0.3, -0.25) is 4.79 Å². The van der Waals surface area contributed by atoms with Crippen molar-refractivity contribution in [1.82, 2.24) is 4.72 Å². The number of rotatable bonds is 5. The van der Waals surface area contributed by atoms with Gasteiger partial charge in [0.1, 0.15) is 5.82 Å². The van der Waals surface area contributed by atoms with E-state index in [1.54, 1.807) is 6.92 Å². The van der Waals surface area contributed by atoms with Crippen LogP contribution in [0.15, 0.2) is 47.4 Å². The molecule has 2 aromatic rings. The van der Waals surface area contributed by atoms with Gasteiger partial charge in [-0.15, -0.1) is 0 Å². The molecule has 2 N–H and O–H groups in total. The molecule has 0 aliphatic rings. The van der Waals surface area contributed by atoms with Crippen molar-refractivity contribution in [2.75, 3.05) is 5.32 Å².